The second-order valence-corrected chi connectivity index (χ2v) is 8.76. The maximum absolute atomic E-state index is 13.2. The Morgan fingerprint density at radius 3 is 2.21 bits per heavy atom. The number of likely N-dealkylation sites (tertiary alicyclic amines) is 1. The van der Waals surface area contributed by atoms with Crippen molar-refractivity contribution in [1.29, 1.82) is 0 Å². The summed E-state index contributed by atoms with van der Waals surface area (Å²) in [5.41, 5.74) is -3.04. The average Bonchev–Trinajstić information content (AvgIpc) is 3.28. The fourth-order valence-electron chi connectivity index (χ4n) is 3.74. The van der Waals surface area contributed by atoms with Crippen molar-refractivity contribution in [1.82, 2.24) is 15.0 Å². The fourth-order valence-corrected chi connectivity index (χ4v) is 4.01. The normalized spacial score (nSPS) is 17.1. The van der Waals surface area contributed by atoms with Crippen LogP contribution in [0.4, 0.5) is 26.3 Å². The molecule has 0 bridgehead atoms. The van der Waals surface area contributed by atoms with E-state index in [1.807, 2.05) is 0 Å². The van der Waals surface area contributed by atoms with Crippen LogP contribution in [-0.4, -0.2) is 34.0 Å². The predicted octanol–water partition coefficient (Wildman–Crippen LogP) is 6.56. The first-order valence-electron chi connectivity index (χ1n) is 10.1. The Hall–Kier alpha value is -2.89. The molecule has 1 aromatic heterocycles. The van der Waals surface area contributed by atoms with Crippen LogP contribution in [0.3, 0.4) is 0 Å². The van der Waals surface area contributed by atoms with Gasteiger partial charge >= 0.3 is 12.4 Å². The van der Waals surface area contributed by atoms with E-state index in [0.29, 0.717) is 36.4 Å². The predicted molar refractivity (Wildman–Crippen MR) is 112 cm³/mol. The lowest BCUT2D eigenvalue weighted by Gasteiger charge is -2.31. The van der Waals surface area contributed by atoms with Gasteiger partial charge in [0.25, 0.3) is 5.91 Å². The maximum atomic E-state index is 13.2. The molecule has 34 heavy (non-hydrogen) atoms. The van der Waals surface area contributed by atoms with Crippen LogP contribution in [0.2, 0.25) is 0 Å². The lowest BCUT2D eigenvalue weighted by Crippen LogP contribution is -2.39. The number of hydrogen-bond acceptors (Lipinski definition) is 4. The van der Waals surface area contributed by atoms with Gasteiger partial charge in [-0.25, -0.2) is 0 Å². The molecule has 4 rings (SSSR count). The quantitative estimate of drug-likeness (QED) is 0.348. The Balaban J connectivity index is 1.57. The zero-order valence-corrected chi connectivity index (χ0v) is 18.8. The Morgan fingerprint density at radius 1 is 1.00 bits per heavy atom. The molecule has 1 amide bonds. The Labute approximate surface area is 197 Å². The third-order valence-electron chi connectivity index (χ3n) is 5.44. The molecule has 0 N–H and O–H groups in total. The number of carbonyl (C=O) groups is 1. The van der Waals surface area contributed by atoms with Gasteiger partial charge in [-0.3, -0.25) is 4.79 Å². The molecule has 0 saturated carbocycles. The van der Waals surface area contributed by atoms with Crippen molar-refractivity contribution in [2.75, 3.05) is 13.1 Å². The van der Waals surface area contributed by atoms with Crippen LogP contribution in [-0.2, 0) is 12.4 Å². The molecule has 3 aromatic rings. The second kappa shape index (κ2) is 9.05. The van der Waals surface area contributed by atoms with E-state index < -0.39 is 40.9 Å². The first-order chi connectivity index (χ1) is 15.9. The molecule has 0 radical (unpaired) electrons. The van der Waals surface area contributed by atoms with Crippen LogP contribution in [0, 0.1) is 0 Å². The van der Waals surface area contributed by atoms with Crippen LogP contribution >= 0.6 is 15.9 Å². The lowest BCUT2D eigenvalue weighted by molar-refractivity contribution is -0.143. The minimum atomic E-state index is -5.03. The minimum Gasteiger partial charge on any atom is -0.339 e. The molecule has 2 aromatic carbocycles. The number of alkyl halides is 6. The summed E-state index contributed by atoms with van der Waals surface area (Å²) in [6.45, 7) is 0.207. The highest BCUT2D eigenvalue weighted by atomic mass is 79.9. The van der Waals surface area contributed by atoms with Gasteiger partial charge < -0.3 is 9.42 Å². The summed E-state index contributed by atoms with van der Waals surface area (Å²) >= 11 is 3.33. The summed E-state index contributed by atoms with van der Waals surface area (Å²) in [4.78, 5) is 18.5. The molecule has 1 saturated heterocycles. The fraction of sp³-hybridized carbons (Fsp3) is 0.318. The molecule has 5 nitrogen and oxygen atoms in total. The Kier molecular flexibility index (Phi) is 6.45. The number of aromatic nitrogens is 2. The smallest absolute Gasteiger partial charge is 0.339 e. The van der Waals surface area contributed by atoms with E-state index in [4.69, 9.17) is 4.52 Å². The SMILES string of the molecule is O=C(c1cc(C(F)(F)F)cc(C(F)(F)F)c1)N1CCCC(c2nc(-c3ccc(Br)cc3)no2)C1. The van der Waals surface area contributed by atoms with Crippen LogP contribution in [0.5, 0.6) is 0 Å². The molecular weight excluding hydrogens is 532 g/mol. The highest BCUT2D eigenvalue weighted by Crippen LogP contribution is 2.37. The second-order valence-electron chi connectivity index (χ2n) is 7.85. The molecule has 0 aliphatic carbocycles. The number of amides is 1. The molecule has 180 valence electrons. The van der Waals surface area contributed by atoms with E-state index in [1.165, 1.54) is 4.90 Å². The Bertz CT molecular complexity index is 1160. The summed E-state index contributed by atoms with van der Waals surface area (Å²) in [5, 5.41) is 3.94. The number of hydrogen-bond donors (Lipinski definition) is 0. The summed E-state index contributed by atoms with van der Waals surface area (Å²) in [6.07, 6.45) is -9.03. The van der Waals surface area contributed by atoms with Gasteiger partial charge in [-0.2, -0.15) is 31.3 Å². The molecule has 1 unspecified atom stereocenters. The number of piperidine rings is 1. The summed E-state index contributed by atoms with van der Waals surface area (Å²) < 4.78 is 85.2. The first-order valence-corrected chi connectivity index (χ1v) is 10.9. The number of rotatable bonds is 3. The van der Waals surface area contributed by atoms with Crippen LogP contribution in [0.25, 0.3) is 11.4 Å². The van der Waals surface area contributed by atoms with Gasteiger partial charge in [0.05, 0.1) is 17.0 Å². The van der Waals surface area contributed by atoms with E-state index in [1.54, 1.807) is 24.3 Å². The molecule has 1 aliphatic rings. The number of benzene rings is 2. The van der Waals surface area contributed by atoms with Crippen LogP contribution < -0.4 is 0 Å². The molecular formula is C22H16BrF6N3O2. The largest absolute Gasteiger partial charge is 0.416 e. The van der Waals surface area contributed by atoms with E-state index in [0.717, 1.165) is 4.47 Å². The van der Waals surface area contributed by atoms with Crippen molar-refractivity contribution in [2.45, 2.75) is 31.1 Å². The van der Waals surface area contributed by atoms with Crippen LogP contribution in [0.15, 0.2) is 51.5 Å². The zero-order chi connectivity index (χ0) is 24.7. The molecule has 1 fully saturated rings. The van der Waals surface area contributed by atoms with Gasteiger partial charge in [0.2, 0.25) is 11.7 Å². The zero-order valence-electron chi connectivity index (χ0n) is 17.3. The molecule has 0 spiro atoms. The molecule has 12 heteroatoms. The van der Waals surface area contributed by atoms with Gasteiger partial charge in [0.1, 0.15) is 0 Å². The summed E-state index contributed by atoms with van der Waals surface area (Å²) in [6, 6.07) is 8.05. The topological polar surface area (TPSA) is 59.2 Å². The van der Waals surface area contributed by atoms with Crippen molar-refractivity contribution in [2.24, 2.45) is 0 Å². The van der Waals surface area contributed by atoms with E-state index in [2.05, 4.69) is 26.1 Å². The summed E-state index contributed by atoms with van der Waals surface area (Å²) in [5.74, 6) is -0.745. The van der Waals surface area contributed by atoms with E-state index in [-0.39, 0.29) is 25.0 Å². The van der Waals surface area contributed by atoms with Crippen LogP contribution in [0.1, 0.15) is 46.1 Å². The van der Waals surface area contributed by atoms with Crippen molar-refractivity contribution >= 4 is 21.8 Å². The highest BCUT2D eigenvalue weighted by Gasteiger charge is 2.38. The van der Waals surface area contributed by atoms with E-state index >= 15 is 0 Å². The maximum Gasteiger partial charge on any atom is 0.416 e. The standard InChI is InChI=1S/C22H16BrF6N3O2/c23-17-5-3-12(4-6-17)18-30-19(34-31-18)13-2-1-7-32(11-13)20(33)14-8-15(21(24,25)26)10-16(9-14)22(27,28)29/h3-6,8-10,13H,1-2,7,11H2. The molecule has 1 atom stereocenters. The van der Waals surface area contributed by atoms with Gasteiger partial charge in [-0.1, -0.05) is 21.1 Å². The average molecular weight is 548 g/mol. The molecule has 2 heterocycles. The van der Waals surface area contributed by atoms with Crippen molar-refractivity contribution in [3.63, 3.8) is 0 Å². The third-order valence-corrected chi connectivity index (χ3v) is 5.97. The summed E-state index contributed by atoms with van der Waals surface area (Å²) in [7, 11) is 0. The number of halogens is 7. The van der Waals surface area contributed by atoms with Gasteiger partial charge in [0, 0.05) is 28.7 Å². The third kappa shape index (κ3) is 5.26. The van der Waals surface area contributed by atoms with Gasteiger partial charge in [0.15, 0.2) is 0 Å². The highest BCUT2D eigenvalue weighted by molar-refractivity contribution is 9.10. The van der Waals surface area contributed by atoms with Crippen molar-refractivity contribution in [3.8, 4) is 11.4 Å². The molecule has 1 aliphatic heterocycles. The monoisotopic (exact) mass is 547 g/mol. The first kappa shape index (κ1) is 24.2. The number of nitrogens with zero attached hydrogens (tertiary/aromatic N) is 3. The number of carbonyl (C=O) groups excluding carboxylic acids is 1. The van der Waals surface area contributed by atoms with Gasteiger partial charge in [-0.15, -0.1) is 0 Å². The minimum absolute atomic E-state index is 0.00211. The van der Waals surface area contributed by atoms with Crippen molar-refractivity contribution in [3.05, 3.63) is 69.5 Å². The van der Waals surface area contributed by atoms with E-state index in [9.17, 15) is 31.1 Å². The van der Waals surface area contributed by atoms with Gasteiger partial charge in [-0.05, 0) is 55.3 Å². The van der Waals surface area contributed by atoms with Crippen molar-refractivity contribution < 1.29 is 35.7 Å². The lowest BCUT2D eigenvalue weighted by atomic mass is 9.96. The Morgan fingerprint density at radius 2 is 1.62 bits per heavy atom.